The maximum absolute atomic E-state index is 12.4. The molecule has 0 aliphatic carbocycles. The molecule has 1 saturated heterocycles. The number of hydrogen-bond acceptors (Lipinski definition) is 3. The highest BCUT2D eigenvalue weighted by atomic mass is 16.2. The minimum Gasteiger partial charge on any atom is -0.316 e. The fraction of sp³-hybridized carbons (Fsp3) is 0.692. The van der Waals surface area contributed by atoms with Crippen LogP contribution in [0.25, 0.3) is 0 Å². The molecule has 5 nitrogen and oxygen atoms in total. The van der Waals surface area contributed by atoms with Gasteiger partial charge in [0.25, 0.3) is 0 Å². The van der Waals surface area contributed by atoms with Gasteiger partial charge < -0.3 is 10.6 Å². The molecule has 0 bridgehead atoms. The molecule has 1 unspecified atom stereocenters. The Hall–Kier alpha value is -1.36. The molecule has 0 spiro atoms. The van der Waals surface area contributed by atoms with E-state index in [0.29, 0.717) is 5.92 Å². The third kappa shape index (κ3) is 2.56. The summed E-state index contributed by atoms with van der Waals surface area (Å²) in [5.41, 5.74) is -0.363. The number of nitrogens with one attached hydrogen (secondary N) is 2. The van der Waals surface area contributed by atoms with Gasteiger partial charge in [0.15, 0.2) is 0 Å². The smallest absolute Gasteiger partial charge is 0.231 e. The molecule has 0 radical (unpaired) electrons. The Morgan fingerprint density at radius 2 is 2.39 bits per heavy atom. The van der Waals surface area contributed by atoms with Gasteiger partial charge in [0, 0.05) is 18.5 Å². The summed E-state index contributed by atoms with van der Waals surface area (Å²) in [7, 11) is 1.82. The maximum Gasteiger partial charge on any atom is 0.231 e. The van der Waals surface area contributed by atoms with Crippen LogP contribution in [0.1, 0.15) is 26.7 Å². The van der Waals surface area contributed by atoms with Crippen LogP contribution in [0.2, 0.25) is 0 Å². The summed E-state index contributed by atoms with van der Waals surface area (Å²) in [6, 6.07) is 1.81. The lowest BCUT2D eigenvalue weighted by atomic mass is 9.74. The lowest BCUT2D eigenvalue weighted by Crippen LogP contribution is -2.45. The van der Waals surface area contributed by atoms with Crippen LogP contribution in [-0.2, 0) is 11.8 Å². The number of hydrogen-bond donors (Lipinski definition) is 2. The summed E-state index contributed by atoms with van der Waals surface area (Å²) in [4.78, 5) is 12.4. The van der Waals surface area contributed by atoms with E-state index >= 15 is 0 Å². The predicted molar refractivity (Wildman–Crippen MR) is 71.2 cm³/mol. The first-order chi connectivity index (χ1) is 8.51. The van der Waals surface area contributed by atoms with E-state index < -0.39 is 0 Å². The molecule has 2 N–H and O–H groups in total. The zero-order valence-corrected chi connectivity index (χ0v) is 11.4. The number of aromatic nitrogens is 2. The number of carbonyl (C=O) groups is 1. The molecule has 5 heteroatoms. The van der Waals surface area contributed by atoms with Gasteiger partial charge in [0.2, 0.25) is 5.91 Å². The minimum atomic E-state index is -0.363. The van der Waals surface area contributed by atoms with E-state index in [4.69, 9.17) is 0 Å². The second-order valence-corrected chi connectivity index (χ2v) is 5.56. The third-order valence-electron chi connectivity index (χ3n) is 3.97. The summed E-state index contributed by atoms with van der Waals surface area (Å²) >= 11 is 0. The van der Waals surface area contributed by atoms with Crippen molar-refractivity contribution in [1.29, 1.82) is 0 Å². The number of rotatable bonds is 3. The summed E-state index contributed by atoms with van der Waals surface area (Å²) in [6.45, 7) is 6.04. The van der Waals surface area contributed by atoms with Crippen molar-refractivity contribution >= 4 is 11.7 Å². The molecule has 0 aromatic carbocycles. The molecule has 1 aliphatic heterocycles. The van der Waals surface area contributed by atoms with Crippen molar-refractivity contribution < 1.29 is 4.79 Å². The molecule has 2 heterocycles. The van der Waals surface area contributed by atoms with Crippen molar-refractivity contribution in [1.82, 2.24) is 15.1 Å². The summed E-state index contributed by atoms with van der Waals surface area (Å²) in [6.07, 6.45) is 3.94. The quantitative estimate of drug-likeness (QED) is 0.852. The summed E-state index contributed by atoms with van der Waals surface area (Å²) in [5.74, 6) is 1.20. The average molecular weight is 250 g/mol. The van der Waals surface area contributed by atoms with Crippen LogP contribution >= 0.6 is 0 Å². The molecule has 1 aromatic rings. The Morgan fingerprint density at radius 1 is 1.61 bits per heavy atom. The van der Waals surface area contributed by atoms with Crippen LogP contribution in [0, 0.1) is 11.3 Å². The fourth-order valence-corrected chi connectivity index (χ4v) is 2.43. The average Bonchev–Trinajstić information content (AvgIpc) is 2.76. The third-order valence-corrected chi connectivity index (χ3v) is 3.97. The van der Waals surface area contributed by atoms with E-state index in [2.05, 4.69) is 15.7 Å². The second kappa shape index (κ2) is 5.10. The number of amides is 1. The van der Waals surface area contributed by atoms with Gasteiger partial charge in [0.1, 0.15) is 5.82 Å². The van der Waals surface area contributed by atoms with Gasteiger partial charge >= 0.3 is 0 Å². The highest BCUT2D eigenvalue weighted by Gasteiger charge is 2.37. The van der Waals surface area contributed by atoms with Crippen molar-refractivity contribution in [2.24, 2.45) is 18.4 Å². The Bertz CT molecular complexity index is 418. The van der Waals surface area contributed by atoms with Crippen LogP contribution < -0.4 is 10.6 Å². The summed E-state index contributed by atoms with van der Waals surface area (Å²) < 4.78 is 1.67. The molecular formula is C13H22N4O. The van der Waals surface area contributed by atoms with Gasteiger partial charge in [-0.3, -0.25) is 9.48 Å². The van der Waals surface area contributed by atoms with E-state index in [1.807, 2.05) is 27.0 Å². The molecular weight excluding hydrogens is 228 g/mol. The Kier molecular flexibility index (Phi) is 3.71. The van der Waals surface area contributed by atoms with E-state index in [9.17, 15) is 4.79 Å². The first-order valence-electron chi connectivity index (χ1n) is 6.52. The van der Waals surface area contributed by atoms with Crippen LogP contribution in [-0.4, -0.2) is 28.8 Å². The molecule has 1 amide bonds. The second-order valence-electron chi connectivity index (χ2n) is 5.56. The van der Waals surface area contributed by atoms with Crippen molar-refractivity contribution in [3.05, 3.63) is 12.3 Å². The number of piperidine rings is 1. The Balaban J connectivity index is 2.04. The van der Waals surface area contributed by atoms with E-state index in [1.165, 1.54) is 0 Å². The monoisotopic (exact) mass is 250 g/mol. The Labute approximate surface area is 108 Å². The van der Waals surface area contributed by atoms with Crippen LogP contribution in [0.5, 0.6) is 0 Å². The first-order valence-corrected chi connectivity index (χ1v) is 6.52. The van der Waals surface area contributed by atoms with Crippen molar-refractivity contribution in [3.63, 3.8) is 0 Å². The van der Waals surface area contributed by atoms with Gasteiger partial charge in [-0.1, -0.05) is 13.8 Å². The highest BCUT2D eigenvalue weighted by molar-refractivity contribution is 5.94. The highest BCUT2D eigenvalue weighted by Crippen LogP contribution is 2.32. The number of nitrogens with zero attached hydrogens (tertiary/aromatic N) is 2. The number of aryl methyl sites for hydroxylation is 1. The minimum absolute atomic E-state index is 0.0693. The fourth-order valence-electron chi connectivity index (χ4n) is 2.43. The van der Waals surface area contributed by atoms with E-state index in [-0.39, 0.29) is 11.3 Å². The molecule has 0 saturated carbocycles. The lowest BCUT2D eigenvalue weighted by Gasteiger charge is -2.35. The van der Waals surface area contributed by atoms with Crippen molar-refractivity contribution in [2.75, 3.05) is 18.4 Å². The first kappa shape index (κ1) is 13.1. The maximum atomic E-state index is 12.4. The molecule has 18 heavy (non-hydrogen) atoms. The van der Waals surface area contributed by atoms with Crippen LogP contribution in [0.3, 0.4) is 0 Å². The summed E-state index contributed by atoms with van der Waals surface area (Å²) in [5, 5.41) is 10.4. The molecule has 2 rings (SSSR count). The van der Waals surface area contributed by atoms with Gasteiger partial charge in [-0.25, -0.2) is 0 Å². The van der Waals surface area contributed by atoms with Crippen LogP contribution in [0.4, 0.5) is 5.82 Å². The van der Waals surface area contributed by atoms with E-state index in [1.54, 1.807) is 10.9 Å². The number of anilines is 1. The van der Waals surface area contributed by atoms with Crippen molar-refractivity contribution in [2.45, 2.75) is 26.7 Å². The largest absolute Gasteiger partial charge is 0.316 e. The molecule has 100 valence electrons. The Morgan fingerprint density at radius 3 is 2.94 bits per heavy atom. The van der Waals surface area contributed by atoms with E-state index in [0.717, 1.165) is 31.7 Å². The topological polar surface area (TPSA) is 59.0 Å². The van der Waals surface area contributed by atoms with Gasteiger partial charge in [-0.2, -0.15) is 5.10 Å². The van der Waals surface area contributed by atoms with Gasteiger partial charge in [-0.05, 0) is 31.8 Å². The van der Waals surface area contributed by atoms with Gasteiger partial charge in [-0.15, -0.1) is 0 Å². The molecule has 1 atom stereocenters. The SMILES string of the molecule is Cn1nccc1NC(=O)C(C)(C)C1CCCNC1. The molecule has 1 fully saturated rings. The lowest BCUT2D eigenvalue weighted by molar-refractivity contribution is -0.127. The predicted octanol–water partition coefficient (Wildman–Crippen LogP) is 1.38. The zero-order chi connectivity index (χ0) is 13.2. The zero-order valence-electron chi connectivity index (χ0n) is 11.4. The normalized spacial score (nSPS) is 20.7. The van der Waals surface area contributed by atoms with Crippen LogP contribution in [0.15, 0.2) is 12.3 Å². The van der Waals surface area contributed by atoms with Crippen molar-refractivity contribution in [3.8, 4) is 0 Å². The number of carbonyl (C=O) groups excluding carboxylic acids is 1. The molecule has 1 aromatic heterocycles. The van der Waals surface area contributed by atoms with Gasteiger partial charge in [0.05, 0.1) is 6.20 Å². The molecule has 1 aliphatic rings. The standard InChI is InChI=1S/C13H22N4O/c1-13(2,10-5-4-7-14-9-10)12(18)16-11-6-8-15-17(11)3/h6,8,10,14H,4-5,7,9H2,1-3H3,(H,16,18).